The molecular weight excluding hydrogens is 396 g/mol. The maximum absolute atomic E-state index is 13.0. The number of hydrogen-bond donors (Lipinski definition) is 1. The van der Waals surface area contributed by atoms with Gasteiger partial charge in [0.2, 0.25) is 10.0 Å². The molecule has 1 amide bonds. The molecule has 0 fully saturated rings. The largest absolute Gasteiger partial charge is 0.322 e. The first-order valence-electron chi connectivity index (χ1n) is 9.26. The van der Waals surface area contributed by atoms with Gasteiger partial charge in [-0.1, -0.05) is 39.3 Å². The molecule has 0 aliphatic heterocycles. The van der Waals surface area contributed by atoms with Crippen molar-refractivity contribution in [3.05, 3.63) is 59.1 Å². The van der Waals surface area contributed by atoms with Crippen molar-refractivity contribution in [2.75, 3.05) is 18.4 Å². The van der Waals surface area contributed by atoms with Crippen molar-refractivity contribution in [2.45, 2.75) is 32.6 Å². The molecule has 28 heavy (non-hydrogen) atoms. The van der Waals surface area contributed by atoms with Crippen LogP contribution in [0, 0.1) is 11.8 Å². The molecule has 0 unspecified atom stereocenters. The average molecular weight is 423 g/mol. The zero-order valence-corrected chi connectivity index (χ0v) is 18.2. The van der Waals surface area contributed by atoms with Crippen LogP contribution in [0.1, 0.15) is 38.1 Å². The van der Waals surface area contributed by atoms with E-state index < -0.39 is 10.0 Å². The molecule has 0 atom stereocenters. The number of nitrogens with one attached hydrogen (secondary N) is 1. The number of anilines is 1. The number of carbonyl (C=O) groups excluding carboxylic acids is 1. The van der Waals surface area contributed by atoms with Crippen molar-refractivity contribution in [3.8, 4) is 0 Å². The third-order valence-corrected chi connectivity index (χ3v) is 6.09. The molecule has 0 aromatic heterocycles. The van der Waals surface area contributed by atoms with Crippen LogP contribution in [0.2, 0.25) is 5.02 Å². The Morgan fingerprint density at radius 2 is 1.43 bits per heavy atom. The van der Waals surface area contributed by atoms with Crippen molar-refractivity contribution in [1.29, 1.82) is 0 Å². The van der Waals surface area contributed by atoms with E-state index in [1.165, 1.54) is 16.4 Å². The Labute approximate surface area is 172 Å². The maximum Gasteiger partial charge on any atom is 0.255 e. The molecule has 152 valence electrons. The zero-order valence-electron chi connectivity index (χ0n) is 16.6. The lowest BCUT2D eigenvalue weighted by molar-refractivity contribution is 0.102. The van der Waals surface area contributed by atoms with Gasteiger partial charge in [0.1, 0.15) is 0 Å². The van der Waals surface area contributed by atoms with Crippen molar-refractivity contribution >= 4 is 33.2 Å². The van der Waals surface area contributed by atoms with Gasteiger partial charge in [-0.3, -0.25) is 4.79 Å². The number of carbonyl (C=O) groups is 1. The summed E-state index contributed by atoms with van der Waals surface area (Å²) in [5.41, 5.74) is 0.999. The molecule has 0 heterocycles. The summed E-state index contributed by atoms with van der Waals surface area (Å²) in [6, 6.07) is 12.8. The van der Waals surface area contributed by atoms with Gasteiger partial charge < -0.3 is 5.32 Å². The number of benzene rings is 2. The lowest BCUT2D eigenvalue weighted by Gasteiger charge is -2.25. The topological polar surface area (TPSA) is 66.5 Å². The Morgan fingerprint density at radius 3 is 1.89 bits per heavy atom. The number of sulfonamides is 1. The van der Waals surface area contributed by atoms with Gasteiger partial charge in [-0.25, -0.2) is 8.42 Å². The second-order valence-electron chi connectivity index (χ2n) is 7.60. The lowest BCUT2D eigenvalue weighted by Crippen LogP contribution is -2.37. The fourth-order valence-corrected chi connectivity index (χ4v) is 4.64. The van der Waals surface area contributed by atoms with Crippen LogP contribution in [-0.2, 0) is 10.0 Å². The maximum atomic E-state index is 13.0. The summed E-state index contributed by atoms with van der Waals surface area (Å²) in [5, 5.41) is 3.31. The first-order chi connectivity index (χ1) is 13.1. The van der Waals surface area contributed by atoms with E-state index in [0.29, 0.717) is 29.4 Å². The first kappa shape index (κ1) is 22.4. The van der Waals surface area contributed by atoms with Gasteiger partial charge in [-0.15, -0.1) is 0 Å². The molecule has 5 nitrogen and oxygen atoms in total. The van der Waals surface area contributed by atoms with Crippen LogP contribution < -0.4 is 5.32 Å². The van der Waals surface area contributed by atoms with Crippen molar-refractivity contribution in [3.63, 3.8) is 0 Å². The molecule has 0 bridgehead atoms. The van der Waals surface area contributed by atoms with E-state index in [2.05, 4.69) is 5.32 Å². The standard InChI is InChI=1S/C21H27ClN2O3S/c1-15(2)13-24(14-16(3)4)28(26,27)20-11-9-19(10-12-20)23-21(25)17-5-7-18(22)8-6-17/h5-12,15-16H,13-14H2,1-4H3,(H,23,25). The quantitative estimate of drug-likeness (QED) is 0.658. The molecule has 2 rings (SSSR count). The molecule has 1 N–H and O–H groups in total. The number of rotatable bonds is 8. The Bertz CT molecular complexity index is 882. The highest BCUT2D eigenvalue weighted by Gasteiger charge is 2.25. The normalized spacial score (nSPS) is 12.0. The molecule has 0 radical (unpaired) electrons. The van der Waals surface area contributed by atoms with Crippen LogP contribution in [0.3, 0.4) is 0 Å². The second kappa shape index (κ2) is 9.54. The highest BCUT2D eigenvalue weighted by Crippen LogP contribution is 2.21. The third kappa shape index (κ3) is 6.06. The molecule has 2 aromatic rings. The van der Waals surface area contributed by atoms with Crippen LogP contribution >= 0.6 is 11.6 Å². The Hall–Kier alpha value is -1.89. The van der Waals surface area contributed by atoms with Gasteiger partial charge in [-0.2, -0.15) is 4.31 Å². The van der Waals surface area contributed by atoms with E-state index in [4.69, 9.17) is 11.6 Å². The summed E-state index contributed by atoms with van der Waals surface area (Å²) in [6.45, 7) is 8.93. The van der Waals surface area contributed by atoms with Gasteiger partial charge >= 0.3 is 0 Å². The van der Waals surface area contributed by atoms with E-state index in [1.807, 2.05) is 27.7 Å². The molecule has 7 heteroatoms. The number of nitrogens with zero attached hydrogens (tertiary/aromatic N) is 1. The van der Waals surface area contributed by atoms with E-state index in [0.717, 1.165) is 0 Å². The molecular formula is C21H27ClN2O3S. The summed E-state index contributed by atoms with van der Waals surface area (Å²) in [6.07, 6.45) is 0. The highest BCUT2D eigenvalue weighted by atomic mass is 35.5. The van der Waals surface area contributed by atoms with E-state index >= 15 is 0 Å². The highest BCUT2D eigenvalue weighted by molar-refractivity contribution is 7.89. The molecule has 2 aromatic carbocycles. The number of amides is 1. The van der Waals surface area contributed by atoms with Crippen LogP contribution in [0.4, 0.5) is 5.69 Å². The van der Waals surface area contributed by atoms with E-state index in [-0.39, 0.29) is 22.6 Å². The minimum absolute atomic E-state index is 0.221. The van der Waals surface area contributed by atoms with Gasteiger partial charge in [-0.05, 0) is 60.4 Å². The summed E-state index contributed by atoms with van der Waals surface area (Å²) in [7, 11) is -3.59. The van der Waals surface area contributed by atoms with Crippen molar-refractivity contribution in [2.24, 2.45) is 11.8 Å². The van der Waals surface area contributed by atoms with Crippen LogP contribution in [0.15, 0.2) is 53.4 Å². The third-order valence-electron chi connectivity index (χ3n) is 3.99. The minimum atomic E-state index is -3.59. The SMILES string of the molecule is CC(C)CN(CC(C)C)S(=O)(=O)c1ccc(NC(=O)c2ccc(Cl)cc2)cc1. The Morgan fingerprint density at radius 1 is 0.929 bits per heavy atom. The van der Waals surface area contributed by atoms with Gasteiger partial charge in [0.05, 0.1) is 4.90 Å². The number of hydrogen-bond acceptors (Lipinski definition) is 3. The monoisotopic (exact) mass is 422 g/mol. The zero-order chi connectivity index (χ0) is 20.9. The summed E-state index contributed by atoms with van der Waals surface area (Å²) >= 11 is 5.83. The minimum Gasteiger partial charge on any atom is -0.322 e. The molecule has 0 aliphatic rings. The first-order valence-corrected chi connectivity index (χ1v) is 11.1. The van der Waals surface area contributed by atoms with Crippen molar-refractivity contribution in [1.82, 2.24) is 4.31 Å². The molecule has 0 saturated carbocycles. The molecule has 0 saturated heterocycles. The smallest absolute Gasteiger partial charge is 0.255 e. The van der Waals surface area contributed by atoms with Gasteiger partial charge in [0, 0.05) is 29.4 Å². The second-order valence-corrected chi connectivity index (χ2v) is 9.97. The van der Waals surface area contributed by atoms with Crippen LogP contribution in [-0.4, -0.2) is 31.7 Å². The summed E-state index contributed by atoms with van der Waals surface area (Å²) < 4.78 is 27.6. The molecule has 0 spiro atoms. The van der Waals surface area contributed by atoms with Gasteiger partial charge in [0.15, 0.2) is 0 Å². The average Bonchev–Trinajstić information content (AvgIpc) is 2.61. The van der Waals surface area contributed by atoms with Crippen LogP contribution in [0.25, 0.3) is 0 Å². The fourth-order valence-electron chi connectivity index (χ4n) is 2.75. The summed E-state index contributed by atoms with van der Waals surface area (Å²) in [4.78, 5) is 12.5. The Balaban J connectivity index is 2.17. The van der Waals surface area contributed by atoms with E-state index in [9.17, 15) is 13.2 Å². The predicted octanol–water partition coefficient (Wildman–Crippen LogP) is 4.90. The van der Waals surface area contributed by atoms with E-state index in [1.54, 1.807) is 36.4 Å². The summed E-state index contributed by atoms with van der Waals surface area (Å²) in [5.74, 6) is 0.173. The lowest BCUT2D eigenvalue weighted by atomic mass is 10.2. The Kier molecular flexibility index (Phi) is 7.63. The van der Waals surface area contributed by atoms with Crippen LogP contribution in [0.5, 0.6) is 0 Å². The molecule has 0 aliphatic carbocycles. The number of halogens is 1. The predicted molar refractivity (Wildman–Crippen MR) is 114 cm³/mol. The van der Waals surface area contributed by atoms with Gasteiger partial charge in [0.25, 0.3) is 5.91 Å². The fraction of sp³-hybridized carbons (Fsp3) is 0.381. The van der Waals surface area contributed by atoms with Crippen molar-refractivity contribution < 1.29 is 13.2 Å².